The Morgan fingerprint density at radius 2 is 1.54 bits per heavy atom. The van der Waals surface area contributed by atoms with Crippen molar-refractivity contribution in [1.29, 1.82) is 0 Å². The molecule has 6 nitrogen and oxygen atoms in total. The van der Waals surface area contributed by atoms with Crippen molar-refractivity contribution >= 4 is 29.4 Å². The second-order valence-electron chi connectivity index (χ2n) is 6.60. The normalized spacial score (nSPS) is 11.6. The molecule has 2 aromatic carbocycles. The Bertz CT molecular complexity index is 831. The minimum Gasteiger partial charge on any atom is -0.465 e. The maximum absolute atomic E-state index is 12.6. The Balaban J connectivity index is 2.08. The van der Waals surface area contributed by atoms with Crippen LogP contribution in [0.2, 0.25) is 5.02 Å². The number of esters is 2. The smallest absolute Gasteiger partial charge is 0.337 e. The molecule has 0 aliphatic carbocycles. The Morgan fingerprint density at radius 1 is 0.964 bits per heavy atom. The number of methoxy groups -OCH3 is 1. The summed E-state index contributed by atoms with van der Waals surface area (Å²) in [5.41, 5.74) is 0.741. The van der Waals surface area contributed by atoms with E-state index in [2.05, 4.69) is 10.1 Å². The highest BCUT2D eigenvalue weighted by atomic mass is 35.5. The zero-order valence-electron chi connectivity index (χ0n) is 15.9. The third kappa shape index (κ3) is 6.09. The van der Waals surface area contributed by atoms with Gasteiger partial charge in [-0.3, -0.25) is 4.79 Å². The van der Waals surface area contributed by atoms with Crippen LogP contribution < -0.4 is 10.1 Å². The van der Waals surface area contributed by atoms with Crippen LogP contribution >= 0.6 is 11.6 Å². The van der Waals surface area contributed by atoms with E-state index in [9.17, 15) is 14.4 Å². The van der Waals surface area contributed by atoms with Crippen molar-refractivity contribution in [3.05, 3.63) is 64.7 Å². The SMILES string of the molecule is COC(=O)c1ccc(OC(=O)[C@H](CC(C)C)NC(=O)c2ccc(Cl)cc2)cc1. The van der Waals surface area contributed by atoms with Gasteiger partial charge in [0.15, 0.2) is 0 Å². The van der Waals surface area contributed by atoms with Crippen molar-refractivity contribution in [1.82, 2.24) is 5.32 Å². The lowest BCUT2D eigenvalue weighted by molar-refractivity contribution is -0.137. The Hall–Kier alpha value is -2.86. The summed E-state index contributed by atoms with van der Waals surface area (Å²) in [6, 6.07) is 11.6. The molecule has 0 unspecified atom stereocenters. The number of amides is 1. The molecule has 0 aromatic heterocycles. The molecule has 7 heteroatoms. The topological polar surface area (TPSA) is 81.7 Å². The van der Waals surface area contributed by atoms with Crippen LogP contribution in [0.3, 0.4) is 0 Å². The van der Waals surface area contributed by atoms with Crippen LogP contribution in [-0.4, -0.2) is 31.0 Å². The highest BCUT2D eigenvalue weighted by Gasteiger charge is 2.24. The zero-order chi connectivity index (χ0) is 20.7. The van der Waals surface area contributed by atoms with E-state index < -0.39 is 18.0 Å². The summed E-state index contributed by atoms with van der Waals surface area (Å²) in [5, 5.41) is 3.23. The molecule has 0 bridgehead atoms. The molecule has 1 atom stereocenters. The molecule has 0 heterocycles. The van der Waals surface area contributed by atoms with Crippen LogP contribution in [0.4, 0.5) is 0 Å². The minimum absolute atomic E-state index is 0.157. The van der Waals surface area contributed by atoms with Gasteiger partial charge in [-0.15, -0.1) is 0 Å². The number of benzene rings is 2. The molecular formula is C21H22ClNO5. The van der Waals surface area contributed by atoms with Gasteiger partial charge in [0.05, 0.1) is 12.7 Å². The number of ether oxygens (including phenoxy) is 2. The van der Waals surface area contributed by atoms with Gasteiger partial charge >= 0.3 is 11.9 Å². The molecule has 0 fully saturated rings. The van der Waals surface area contributed by atoms with E-state index in [0.717, 1.165) is 0 Å². The maximum Gasteiger partial charge on any atom is 0.337 e. The first-order valence-electron chi connectivity index (χ1n) is 8.76. The molecule has 2 rings (SSSR count). The predicted molar refractivity (Wildman–Crippen MR) is 106 cm³/mol. The highest BCUT2D eigenvalue weighted by molar-refractivity contribution is 6.30. The zero-order valence-corrected chi connectivity index (χ0v) is 16.7. The molecule has 2 aromatic rings. The van der Waals surface area contributed by atoms with Gasteiger partial charge in [0.2, 0.25) is 0 Å². The van der Waals surface area contributed by atoms with E-state index in [1.807, 2.05) is 13.8 Å². The first kappa shape index (κ1) is 21.4. The summed E-state index contributed by atoms with van der Waals surface area (Å²) < 4.78 is 10.0. The third-order valence-corrected chi connectivity index (χ3v) is 4.15. The van der Waals surface area contributed by atoms with Crippen LogP contribution in [0.25, 0.3) is 0 Å². The van der Waals surface area contributed by atoms with Crippen molar-refractivity contribution in [2.45, 2.75) is 26.3 Å². The molecular weight excluding hydrogens is 382 g/mol. The summed E-state index contributed by atoms with van der Waals surface area (Å²) in [6.07, 6.45) is 0.415. The summed E-state index contributed by atoms with van der Waals surface area (Å²) >= 11 is 5.84. The predicted octanol–water partition coefficient (Wildman–Crippen LogP) is 3.88. The number of carbonyl (C=O) groups is 3. The van der Waals surface area contributed by atoms with Gasteiger partial charge in [-0.1, -0.05) is 25.4 Å². The van der Waals surface area contributed by atoms with E-state index in [-0.39, 0.29) is 17.6 Å². The molecule has 0 aliphatic rings. The fourth-order valence-corrected chi connectivity index (χ4v) is 2.62. The summed E-state index contributed by atoms with van der Waals surface area (Å²) in [5.74, 6) is -1.02. The second kappa shape index (κ2) is 9.90. The number of hydrogen-bond acceptors (Lipinski definition) is 5. The van der Waals surface area contributed by atoms with Crippen molar-refractivity contribution in [2.75, 3.05) is 7.11 Å². The van der Waals surface area contributed by atoms with Gasteiger partial charge in [-0.05, 0) is 60.9 Å². The molecule has 0 spiro atoms. The lowest BCUT2D eigenvalue weighted by Crippen LogP contribution is -2.43. The van der Waals surface area contributed by atoms with Gasteiger partial charge in [-0.2, -0.15) is 0 Å². The Labute approximate surface area is 168 Å². The van der Waals surface area contributed by atoms with E-state index >= 15 is 0 Å². The molecule has 148 valence electrons. The fraction of sp³-hybridized carbons (Fsp3) is 0.286. The quantitative estimate of drug-likeness (QED) is 0.560. The number of rotatable bonds is 7. The lowest BCUT2D eigenvalue weighted by atomic mass is 10.0. The average molecular weight is 404 g/mol. The third-order valence-electron chi connectivity index (χ3n) is 3.90. The molecule has 0 saturated carbocycles. The van der Waals surface area contributed by atoms with Crippen molar-refractivity contribution in [2.24, 2.45) is 5.92 Å². The molecule has 1 N–H and O–H groups in total. The summed E-state index contributed by atoms with van der Waals surface area (Å²) in [4.78, 5) is 36.5. The maximum atomic E-state index is 12.6. The number of carbonyl (C=O) groups excluding carboxylic acids is 3. The van der Waals surface area contributed by atoms with Crippen LogP contribution in [0, 0.1) is 5.92 Å². The fourth-order valence-electron chi connectivity index (χ4n) is 2.49. The summed E-state index contributed by atoms with van der Waals surface area (Å²) in [6.45, 7) is 3.89. The molecule has 1 amide bonds. The van der Waals surface area contributed by atoms with E-state index in [4.69, 9.17) is 16.3 Å². The average Bonchev–Trinajstić information content (AvgIpc) is 2.67. The highest BCUT2D eigenvalue weighted by Crippen LogP contribution is 2.16. The van der Waals surface area contributed by atoms with Crippen molar-refractivity contribution in [3.63, 3.8) is 0 Å². The first-order valence-corrected chi connectivity index (χ1v) is 9.14. The van der Waals surface area contributed by atoms with E-state index in [1.54, 1.807) is 24.3 Å². The van der Waals surface area contributed by atoms with Crippen LogP contribution in [0.5, 0.6) is 5.75 Å². The monoisotopic (exact) mass is 403 g/mol. The summed E-state index contributed by atoms with van der Waals surface area (Å²) in [7, 11) is 1.29. The van der Waals surface area contributed by atoms with Gasteiger partial charge < -0.3 is 14.8 Å². The van der Waals surface area contributed by atoms with Gasteiger partial charge in [0.1, 0.15) is 11.8 Å². The molecule has 28 heavy (non-hydrogen) atoms. The second-order valence-corrected chi connectivity index (χ2v) is 7.04. The largest absolute Gasteiger partial charge is 0.465 e. The number of hydrogen-bond donors (Lipinski definition) is 1. The van der Waals surface area contributed by atoms with Crippen LogP contribution in [0.1, 0.15) is 41.0 Å². The number of nitrogens with one attached hydrogen (secondary N) is 1. The van der Waals surface area contributed by atoms with Crippen LogP contribution in [0.15, 0.2) is 48.5 Å². The molecule has 0 aliphatic heterocycles. The van der Waals surface area contributed by atoms with Gasteiger partial charge in [-0.25, -0.2) is 9.59 Å². The Morgan fingerprint density at radius 3 is 2.07 bits per heavy atom. The van der Waals surface area contributed by atoms with Crippen molar-refractivity contribution in [3.8, 4) is 5.75 Å². The van der Waals surface area contributed by atoms with E-state index in [0.29, 0.717) is 22.6 Å². The van der Waals surface area contributed by atoms with Gasteiger partial charge in [0.25, 0.3) is 5.91 Å². The Kier molecular flexibility index (Phi) is 7.58. The standard InChI is InChI=1S/C21H22ClNO5/c1-13(2)12-18(23-19(24)14-4-8-16(22)9-5-14)21(26)28-17-10-6-15(7-11-17)20(25)27-3/h4-11,13,18H,12H2,1-3H3,(H,23,24)/t18-/m0/s1. The van der Waals surface area contributed by atoms with Crippen LogP contribution in [-0.2, 0) is 9.53 Å². The molecule has 0 saturated heterocycles. The number of halogens is 1. The minimum atomic E-state index is -0.816. The van der Waals surface area contributed by atoms with E-state index in [1.165, 1.54) is 31.4 Å². The van der Waals surface area contributed by atoms with Crippen molar-refractivity contribution < 1.29 is 23.9 Å². The first-order chi connectivity index (χ1) is 13.3. The van der Waals surface area contributed by atoms with Gasteiger partial charge in [0, 0.05) is 10.6 Å². The molecule has 0 radical (unpaired) electrons. The lowest BCUT2D eigenvalue weighted by Gasteiger charge is -2.19.